The smallest absolute Gasteiger partial charge is 0.402 e. The Kier molecular flexibility index (Phi) is 8.30. The lowest BCUT2D eigenvalue weighted by atomic mass is 9.94. The van der Waals surface area contributed by atoms with E-state index >= 15 is 0 Å². The summed E-state index contributed by atoms with van der Waals surface area (Å²) in [4.78, 5) is 34.8. The second kappa shape index (κ2) is 11.9. The van der Waals surface area contributed by atoms with Crippen molar-refractivity contribution in [3.05, 3.63) is 53.7 Å². The Hall–Kier alpha value is -3.93. The molecule has 1 aromatic carbocycles. The summed E-state index contributed by atoms with van der Waals surface area (Å²) < 4.78 is 47.1. The van der Waals surface area contributed by atoms with Gasteiger partial charge in [0.25, 0.3) is 5.91 Å². The molecule has 2 amide bonds. The average Bonchev–Trinajstić information content (AvgIpc) is 3.35. The number of piperazine rings is 1. The van der Waals surface area contributed by atoms with Gasteiger partial charge in [-0.15, -0.1) is 0 Å². The number of ether oxygens (including phenoxy) is 1. The average molecular weight is 574 g/mol. The molecule has 3 fully saturated rings. The van der Waals surface area contributed by atoms with E-state index in [2.05, 4.69) is 15.8 Å². The second-order valence-electron chi connectivity index (χ2n) is 10.3. The molecule has 41 heavy (non-hydrogen) atoms. The van der Waals surface area contributed by atoms with Crippen LogP contribution in [0.3, 0.4) is 0 Å². The number of nitrogens with zero attached hydrogens (tertiary/aromatic N) is 5. The van der Waals surface area contributed by atoms with E-state index in [1.165, 1.54) is 11.1 Å². The van der Waals surface area contributed by atoms with Crippen LogP contribution >= 0.6 is 0 Å². The lowest BCUT2D eigenvalue weighted by Crippen LogP contribution is -2.65. The SMILES string of the molecule is N#Cc1ccc(N2CCN(C(=O)c3cccc(OC[C@@H]4C[C@@H](O)CN4C4CNNC(=O)C4C(F)(F)F)c3)CC2)nc1. The molecule has 3 aliphatic heterocycles. The fourth-order valence-corrected chi connectivity index (χ4v) is 5.65. The number of hydrogen-bond acceptors (Lipinski definition) is 9. The van der Waals surface area contributed by atoms with Crippen molar-refractivity contribution in [1.29, 1.82) is 5.26 Å². The molecule has 0 bridgehead atoms. The van der Waals surface area contributed by atoms with Crippen LogP contribution in [0.5, 0.6) is 5.75 Å². The van der Waals surface area contributed by atoms with E-state index in [-0.39, 0.29) is 32.0 Å². The van der Waals surface area contributed by atoms with Crippen LogP contribution in [0.2, 0.25) is 0 Å². The molecule has 2 aromatic rings. The number of anilines is 1. The number of likely N-dealkylation sites (tertiary alicyclic amines) is 1. The topological polar surface area (TPSA) is 134 Å². The molecule has 3 saturated heterocycles. The van der Waals surface area contributed by atoms with E-state index in [1.54, 1.807) is 41.3 Å². The van der Waals surface area contributed by atoms with E-state index in [0.717, 1.165) is 5.82 Å². The van der Waals surface area contributed by atoms with Crippen molar-refractivity contribution in [3.63, 3.8) is 0 Å². The van der Waals surface area contributed by atoms with Crippen molar-refractivity contribution >= 4 is 17.6 Å². The summed E-state index contributed by atoms with van der Waals surface area (Å²) in [5.41, 5.74) is 5.46. The molecule has 4 heterocycles. The number of alkyl halides is 3. The number of hydrogen-bond donors (Lipinski definition) is 3. The zero-order valence-electron chi connectivity index (χ0n) is 22.0. The van der Waals surface area contributed by atoms with Crippen LogP contribution in [-0.2, 0) is 4.79 Å². The highest BCUT2D eigenvalue weighted by atomic mass is 19.4. The number of amides is 2. The molecule has 218 valence electrons. The van der Waals surface area contributed by atoms with Crippen molar-refractivity contribution in [2.24, 2.45) is 5.92 Å². The Balaban J connectivity index is 1.20. The summed E-state index contributed by atoms with van der Waals surface area (Å²) in [5.74, 6) is -2.44. The van der Waals surface area contributed by atoms with Crippen LogP contribution < -0.4 is 20.5 Å². The Labute approximate surface area is 234 Å². The van der Waals surface area contributed by atoms with E-state index in [0.29, 0.717) is 43.1 Å². The van der Waals surface area contributed by atoms with Crippen LogP contribution in [0.15, 0.2) is 42.6 Å². The molecule has 4 atom stereocenters. The normalized spacial score (nSPS) is 25.5. The number of aliphatic hydroxyl groups is 1. The minimum atomic E-state index is -4.74. The third-order valence-corrected chi connectivity index (χ3v) is 7.69. The van der Waals surface area contributed by atoms with E-state index in [4.69, 9.17) is 10.00 Å². The monoisotopic (exact) mass is 573 g/mol. The maximum atomic E-state index is 13.7. The zero-order valence-corrected chi connectivity index (χ0v) is 22.0. The molecule has 0 radical (unpaired) electrons. The van der Waals surface area contributed by atoms with Crippen molar-refractivity contribution in [1.82, 2.24) is 25.6 Å². The number of aliphatic hydroxyl groups excluding tert-OH is 1. The minimum Gasteiger partial charge on any atom is -0.492 e. The molecular weight excluding hydrogens is 543 g/mol. The lowest BCUT2D eigenvalue weighted by Gasteiger charge is -2.40. The zero-order chi connectivity index (χ0) is 29.1. The van der Waals surface area contributed by atoms with Gasteiger partial charge < -0.3 is 19.6 Å². The number of aromatic nitrogens is 1. The van der Waals surface area contributed by atoms with Gasteiger partial charge in [-0.05, 0) is 36.8 Å². The first-order valence-electron chi connectivity index (χ1n) is 13.3. The van der Waals surface area contributed by atoms with Gasteiger partial charge in [-0.1, -0.05) is 6.07 Å². The summed E-state index contributed by atoms with van der Waals surface area (Å²) in [6.45, 7) is 1.95. The third kappa shape index (κ3) is 6.37. The van der Waals surface area contributed by atoms with E-state index < -0.39 is 36.2 Å². The first-order valence-corrected chi connectivity index (χ1v) is 13.3. The van der Waals surface area contributed by atoms with Crippen LogP contribution in [-0.4, -0.2) is 102 Å². The largest absolute Gasteiger partial charge is 0.492 e. The third-order valence-electron chi connectivity index (χ3n) is 7.69. The molecule has 5 rings (SSSR count). The number of halogens is 3. The molecule has 2 unspecified atom stereocenters. The van der Waals surface area contributed by atoms with Crippen LogP contribution in [0.1, 0.15) is 22.3 Å². The van der Waals surface area contributed by atoms with Gasteiger partial charge in [-0.3, -0.25) is 19.9 Å². The highest BCUT2D eigenvalue weighted by molar-refractivity contribution is 5.94. The van der Waals surface area contributed by atoms with E-state index in [9.17, 15) is 27.9 Å². The van der Waals surface area contributed by atoms with Gasteiger partial charge in [-0.25, -0.2) is 10.4 Å². The van der Waals surface area contributed by atoms with Crippen molar-refractivity contribution < 1.29 is 32.6 Å². The fourth-order valence-electron chi connectivity index (χ4n) is 5.65. The summed E-state index contributed by atoms with van der Waals surface area (Å²) in [6.07, 6.45) is -3.89. The summed E-state index contributed by atoms with van der Waals surface area (Å²) in [7, 11) is 0. The van der Waals surface area contributed by atoms with E-state index in [1.807, 2.05) is 11.0 Å². The van der Waals surface area contributed by atoms with Crippen molar-refractivity contribution in [2.75, 3.05) is 50.8 Å². The number of pyridine rings is 1. The number of carbonyl (C=O) groups is 2. The standard InChI is InChI=1S/C27H30F3N7O4/c28-27(29,30)24-22(14-33-34-25(24)39)37-15-20(38)11-19(37)16-41-21-3-1-2-18(10-21)26(40)36-8-6-35(7-9-36)23-5-4-17(12-31)13-32-23/h1-5,10,13,19-20,22,24,33,38H,6-9,11,14-16H2,(H,34,39)/t19-,20+,22?,24?/m0/s1. The lowest BCUT2D eigenvalue weighted by molar-refractivity contribution is -0.201. The molecule has 14 heteroatoms. The fraction of sp³-hybridized carbons (Fsp3) is 0.481. The quantitative estimate of drug-likeness (QED) is 0.461. The highest BCUT2D eigenvalue weighted by Crippen LogP contribution is 2.35. The van der Waals surface area contributed by atoms with Gasteiger partial charge in [0, 0.05) is 63.1 Å². The number of nitriles is 1. The first-order chi connectivity index (χ1) is 19.6. The predicted octanol–water partition coefficient (Wildman–Crippen LogP) is 0.911. The number of benzene rings is 1. The molecule has 0 aliphatic carbocycles. The van der Waals surface area contributed by atoms with Gasteiger partial charge >= 0.3 is 6.18 Å². The Bertz CT molecular complexity index is 1300. The number of carbonyl (C=O) groups excluding carboxylic acids is 2. The molecule has 1 aromatic heterocycles. The predicted molar refractivity (Wildman–Crippen MR) is 140 cm³/mol. The minimum absolute atomic E-state index is 0.0112. The molecule has 0 spiro atoms. The van der Waals surface area contributed by atoms with Crippen molar-refractivity contribution in [2.45, 2.75) is 30.8 Å². The van der Waals surface area contributed by atoms with Crippen LogP contribution in [0.25, 0.3) is 0 Å². The van der Waals surface area contributed by atoms with Gasteiger partial charge in [0.1, 0.15) is 24.2 Å². The highest BCUT2D eigenvalue weighted by Gasteiger charge is 2.55. The maximum Gasteiger partial charge on any atom is 0.402 e. The summed E-state index contributed by atoms with van der Waals surface area (Å²) >= 11 is 0. The summed E-state index contributed by atoms with van der Waals surface area (Å²) in [5, 5.41) is 19.2. The summed E-state index contributed by atoms with van der Waals surface area (Å²) in [6, 6.07) is 10.4. The molecule has 3 N–H and O–H groups in total. The van der Waals surface area contributed by atoms with Gasteiger partial charge in [0.05, 0.1) is 11.7 Å². The van der Waals surface area contributed by atoms with Gasteiger partial charge in [0.2, 0.25) is 5.91 Å². The van der Waals surface area contributed by atoms with Crippen LogP contribution in [0, 0.1) is 17.2 Å². The van der Waals surface area contributed by atoms with Crippen LogP contribution in [0.4, 0.5) is 19.0 Å². The molecule has 0 saturated carbocycles. The van der Waals surface area contributed by atoms with Crippen molar-refractivity contribution in [3.8, 4) is 11.8 Å². The Morgan fingerprint density at radius 1 is 1.20 bits per heavy atom. The molecular formula is C27H30F3N7O4. The first kappa shape index (κ1) is 28.6. The maximum absolute atomic E-state index is 13.7. The number of hydrazine groups is 1. The van der Waals surface area contributed by atoms with Gasteiger partial charge in [0.15, 0.2) is 5.92 Å². The Morgan fingerprint density at radius 3 is 2.66 bits per heavy atom. The molecule has 11 nitrogen and oxygen atoms in total. The molecule has 3 aliphatic rings. The van der Waals surface area contributed by atoms with Gasteiger partial charge in [-0.2, -0.15) is 18.4 Å². The second-order valence-corrected chi connectivity index (χ2v) is 10.3. The number of rotatable bonds is 6. The number of β-amino-alcohol motifs (C(OH)–C–C–N with tert-alkyl or cyclic N) is 1. The number of nitrogens with one attached hydrogen (secondary N) is 2. The Morgan fingerprint density at radius 2 is 1.98 bits per heavy atom.